The molecule has 106 valence electrons. The lowest BCUT2D eigenvalue weighted by atomic mass is 10.1. The van der Waals surface area contributed by atoms with E-state index < -0.39 is 0 Å². The molecule has 4 heteroatoms. The summed E-state index contributed by atoms with van der Waals surface area (Å²) in [5, 5.41) is 7.96. The summed E-state index contributed by atoms with van der Waals surface area (Å²) in [6, 6.07) is 8.48. The number of fused-ring (bicyclic) bond motifs is 1. The molecule has 0 spiro atoms. The molecule has 0 amide bonds. The lowest BCUT2D eigenvalue weighted by Gasteiger charge is -2.18. The van der Waals surface area contributed by atoms with Crippen molar-refractivity contribution < 1.29 is 4.74 Å². The largest absolute Gasteiger partial charge is 0.491 e. The van der Waals surface area contributed by atoms with E-state index in [2.05, 4.69) is 49.5 Å². The summed E-state index contributed by atoms with van der Waals surface area (Å²) < 4.78 is 7.68. The maximum atomic E-state index is 5.68. The first-order chi connectivity index (χ1) is 9.54. The molecular formula is C16H21N3O. The zero-order chi connectivity index (χ0) is 14.2. The number of nitrogens with one attached hydrogen (secondary N) is 1. The van der Waals surface area contributed by atoms with Crippen molar-refractivity contribution in [3.05, 3.63) is 47.8 Å². The number of para-hydroxylation sites is 1. The number of benzene rings is 1. The van der Waals surface area contributed by atoms with Gasteiger partial charge in [0.25, 0.3) is 0 Å². The smallest absolute Gasteiger partial charge is 0.124 e. The first kappa shape index (κ1) is 13.2. The standard InChI is InChI=1S/C16H21N3O/c1-16(2,3)19-10-12(9-18-19)8-17-14-11-20-15-7-5-4-6-13(14)15/h4-7,9-10,14,17H,8,11H2,1-3H3. The van der Waals surface area contributed by atoms with Crippen molar-refractivity contribution in [1.82, 2.24) is 15.1 Å². The van der Waals surface area contributed by atoms with E-state index in [1.165, 1.54) is 11.1 Å². The van der Waals surface area contributed by atoms with E-state index in [1.54, 1.807) is 0 Å². The molecule has 1 unspecified atom stereocenters. The Kier molecular flexibility index (Phi) is 3.26. The van der Waals surface area contributed by atoms with Crippen molar-refractivity contribution in [2.45, 2.75) is 38.9 Å². The minimum atomic E-state index is 0.0291. The second-order valence-corrected chi connectivity index (χ2v) is 6.25. The van der Waals surface area contributed by atoms with Gasteiger partial charge in [-0.1, -0.05) is 18.2 Å². The normalized spacial score (nSPS) is 17.9. The molecule has 1 aliphatic heterocycles. The molecular weight excluding hydrogens is 250 g/mol. The van der Waals surface area contributed by atoms with Crippen LogP contribution in [0.5, 0.6) is 5.75 Å². The van der Waals surface area contributed by atoms with Gasteiger partial charge in [0.05, 0.1) is 17.8 Å². The number of hydrogen-bond acceptors (Lipinski definition) is 3. The molecule has 0 saturated heterocycles. The molecule has 4 nitrogen and oxygen atoms in total. The fourth-order valence-electron chi connectivity index (χ4n) is 2.39. The lowest BCUT2D eigenvalue weighted by Crippen LogP contribution is -2.23. The Morgan fingerprint density at radius 3 is 2.90 bits per heavy atom. The monoisotopic (exact) mass is 271 g/mol. The highest BCUT2D eigenvalue weighted by Gasteiger charge is 2.23. The Morgan fingerprint density at radius 1 is 1.35 bits per heavy atom. The van der Waals surface area contributed by atoms with E-state index in [0.717, 1.165) is 12.3 Å². The van der Waals surface area contributed by atoms with E-state index in [1.807, 2.05) is 23.0 Å². The van der Waals surface area contributed by atoms with Gasteiger partial charge < -0.3 is 10.1 Å². The highest BCUT2D eigenvalue weighted by atomic mass is 16.5. The number of nitrogens with zero attached hydrogens (tertiary/aromatic N) is 2. The summed E-state index contributed by atoms with van der Waals surface area (Å²) in [6.45, 7) is 7.96. The second-order valence-electron chi connectivity index (χ2n) is 6.25. The van der Waals surface area contributed by atoms with Crippen molar-refractivity contribution >= 4 is 0 Å². The third kappa shape index (κ3) is 2.56. The van der Waals surface area contributed by atoms with Crippen LogP contribution in [-0.2, 0) is 12.1 Å². The summed E-state index contributed by atoms with van der Waals surface area (Å²) in [5.74, 6) is 0.996. The van der Waals surface area contributed by atoms with E-state index in [4.69, 9.17) is 4.74 Å². The zero-order valence-electron chi connectivity index (χ0n) is 12.3. The van der Waals surface area contributed by atoms with Crippen LogP contribution in [-0.4, -0.2) is 16.4 Å². The summed E-state index contributed by atoms with van der Waals surface area (Å²) >= 11 is 0. The molecule has 1 aliphatic rings. The van der Waals surface area contributed by atoms with Gasteiger partial charge in [0, 0.05) is 23.9 Å². The van der Waals surface area contributed by atoms with Gasteiger partial charge in [-0.15, -0.1) is 0 Å². The molecule has 0 bridgehead atoms. The van der Waals surface area contributed by atoms with E-state index in [-0.39, 0.29) is 11.6 Å². The predicted molar refractivity (Wildman–Crippen MR) is 78.7 cm³/mol. The van der Waals surface area contributed by atoms with Gasteiger partial charge in [-0.3, -0.25) is 4.68 Å². The lowest BCUT2D eigenvalue weighted by molar-refractivity contribution is 0.310. The average molecular weight is 271 g/mol. The third-order valence-corrected chi connectivity index (χ3v) is 3.58. The van der Waals surface area contributed by atoms with Crippen molar-refractivity contribution in [3.8, 4) is 5.75 Å². The fraction of sp³-hybridized carbons (Fsp3) is 0.438. The Morgan fingerprint density at radius 2 is 2.15 bits per heavy atom. The van der Waals surface area contributed by atoms with Gasteiger partial charge in [-0.2, -0.15) is 5.10 Å². The van der Waals surface area contributed by atoms with Crippen molar-refractivity contribution in [2.75, 3.05) is 6.61 Å². The fourth-order valence-corrected chi connectivity index (χ4v) is 2.39. The Balaban J connectivity index is 1.65. The minimum absolute atomic E-state index is 0.0291. The van der Waals surface area contributed by atoms with Gasteiger partial charge in [0.15, 0.2) is 0 Å². The van der Waals surface area contributed by atoms with Crippen LogP contribution < -0.4 is 10.1 Å². The van der Waals surface area contributed by atoms with Crippen LogP contribution in [0.1, 0.15) is 37.9 Å². The van der Waals surface area contributed by atoms with Crippen LogP contribution in [0.2, 0.25) is 0 Å². The molecule has 1 atom stereocenters. The van der Waals surface area contributed by atoms with Gasteiger partial charge >= 0.3 is 0 Å². The first-order valence-electron chi connectivity index (χ1n) is 7.03. The molecule has 0 fully saturated rings. The highest BCUT2D eigenvalue weighted by molar-refractivity contribution is 5.39. The molecule has 3 rings (SSSR count). The van der Waals surface area contributed by atoms with Crippen LogP contribution in [0.4, 0.5) is 0 Å². The topological polar surface area (TPSA) is 39.1 Å². The summed E-state index contributed by atoms with van der Waals surface area (Å²) in [7, 11) is 0. The molecule has 20 heavy (non-hydrogen) atoms. The number of rotatable bonds is 3. The molecule has 0 aliphatic carbocycles. The summed E-state index contributed by atoms with van der Waals surface area (Å²) in [4.78, 5) is 0. The molecule has 0 radical (unpaired) electrons. The average Bonchev–Trinajstić information content (AvgIpc) is 3.02. The van der Waals surface area contributed by atoms with Crippen LogP contribution in [0, 0.1) is 0 Å². The van der Waals surface area contributed by atoms with E-state index in [9.17, 15) is 0 Å². The maximum Gasteiger partial charge on any atom is 0.124 e. The quantitative estimate of drug-likeness (QED) is 0.933. The maximum absolute atomic E-state index is 5.68. The van der Waals surface area contributed by atoms with E-state index in [0.29, 0.717) is 6.61 Å². The molecule has 2 aromatic rings. The molecule has 0 saturated carbocycles. The van der Waals surface area contributed by atoms with Crippen LogP contribution in [0.15, 0.2) is 36.7 Å². The minimum Gasteiger partial charge on any atom is -0.491 e. The van der Waals surface area contributed by atoms with Crippen molar-refractivity contribution in [3.63, 3.8) is 0 Å². The number of ether oxygens (including phenoxy) is 1. The van der Waals surface area contributed by atoms with Crippen molar-refractivity contribution in [2.24, 2.45) is 0 Å². The van der Waals surface area contributed by atoms with Gasteiger partial charge in [0.1, 0.15) is 12.4 Å². The first-order valence-corrected chi connectivity index (χ1v) is 7.03. The van der Waals surface area contributed by atoms with Gasteiger partial charge in [-0.05, 0) is 26.8 Å². The number of hydrogen-bond donors (Lipinski definition) is 1. The summed E-state index contributed by atoms with van der Waals surface area (Å²) in [6.07, 6.45) is 4.04. The zero-order valence-corrected chi connectivity index (χ0v) is 12.3. The van der Waals surface area contributed by atoms with Crippen molar-refractivity contribution in [1.29, 1.82) is 0 Å². The summed E-state index contributed by atoms with van der Waals surface area (Å²) in [5.41, 5.74) is 2.47. The van der Waals surface area contributed by atoms with Crippen LogP contribution in [0.3, 0.4) is 0 Å². The highest BCUT2D eigenvalue weighted by Crippen LogP contribution is 2.31. The van der Waals surface area contributed by atoms with Crippen LogP contribution >= 0.6 is 0 Å². The second kappa shape index (κ2) is 4.94. The Bertz CT molecular complexity index is 598. The molecule has 1 aromatic heterocycles. The SMILES string of the molecule is CC(C)(C)n1cc(CNC2COc3ccccc32)cn1. The molecule has 1 N–H and O–H groups in total. The molecule has 2 heterocycles. The Labute approximate surface area is 119 Å². The molecule has 1 aromatic carbocycles. The van der Waals surface area contributed by atoms with Crippen LogP contribution in [0.25, 0.3) is 0 Å². The Hall–Kier alpha value is -1.81. The van der Waals surface area contributed by atoms with E-state index >= 15 is 0 Å². The van der Waals surface area contributed by atoms with Gasteiger partial charge in [0.2, 0.25) is 0 Å². The predicted octanol–water partition coefficient (Wildman–Crippen LogP) is 2.86. The van der Waals surface area contributed by atoms with Gasteiger partial charge in [-0.25, -0.2) is 0 Å². The third-order valence-electron chi connectivity index (χ3n) is 3.58. The number of aromatic nitrogens is 2.